The molecule has 0 N–H and O–H groups in total. The van der Waals surface area contributed by atoms with Gasteiger partial charge in [0.15, 0.2) is 0 Å². The molecule has 0 radical (unpaired) electrons. The fraction of sp³-hybridized carbons (Fsp3) is 0.429. The van der Waals surface area contributed by atoms with E-state index in [0.717, 1.165) is 10.6 Å². The lowest BCUT2D eigenvalue weighted by Crippen LogP contribution is -2.53. The van der Waals surface area contributed by atoms with Gasteiger partial charge in [-0.15, -0.1) is 0 Å². The minimum Gasteiger partial charge on any atom is -0.450 e. The van der Waals surface area contributed by atoms with Crippen LogP contribution in [0.2, 0.25) is 0 Å². The molecule has 0 aliphatic carbocycles. The minimum absolute atomic E-state index is 0.179. The van der Waals surface area contributed by atoms with E-state index < -0.39 is 0 Å². The Hall–Kier alpha value is -3.76. The molecule has 4 rings (SSSR count). The molecule has 168 valence electrons. The number of piperazine rings is 1. The van der Waals surface area contributed by atoms with E-state index in [-0.39, 0.29) is 36.8 Å². The van der Waals surface area contributed by atoms with Crippen LogP contribution in [-0.2, 0) is 14.3 Å². The molecule has 0 unspecified atom stereocenters. The maximum atomic E-state index is 12.7. The normalized spacial score (nSPS) is 16.7. The van der Waals surface area contributed by atoms with Crippen molar-refractivity contribution in [3.05, 3.63) is 36.2 Å². The second-order valence-electron chi connectivity index (χ2n) is 7.35. The van der Waals surface area contributed by atoms with Gasteiger partial charge in [0, 0.05) is 44.6 Å². The molecule has 32 heavy (non-hydrogen) atoms. The minimum atomic E-state index is -0.380. The van der Waals surface area contributed by atoms with Gasteiger partial charge in [0.1, 0.15) is 12.3 Å². The van der Waals surface area contributed by atoms with Crippen molar-refractivity contribution in [2.75, 3.05) is 39.3 Å². The summed E-state index contributed by atoms with van der Waals surface area (Å²) in [7, 11) is 0. The van der Waals surface area contributed by atoms with Gasteiger partial charge in [-0.25, -0.2) is 9.80 Å². The molecule has 0 atom stereocenters. The van der Waals surface area contributed by atoms with Crippen molar-refractivity contribution in [3.8, 4) is 11.4 Å². The van der Waals surface area contributed by atoms with Crippen LogP contribution in [0, 0.1) is 0 Å². The highest BCUT2D eigenvalue weighted by Gasteiger charge is 2.30. The van der Waals surface area contributed by atoms with Gasteiger partial charge in [0.05, 0.1) is 6.61 Å². The number of aromatic nitrogens is 2. The summed E-state index contributed by atoms with van der Waals surface area (Å²) in [5.74, 6) is 0.191. The number of amides is 3. The number of carbonyl (C=O) groups is 3. The zero-order chi connectivity index (χ0) is 22.5. The molecule has 1 saturated heterocycles. The second kappa shape index (κ2) is 9.58. The molecule has 0 bridgehead atoms. The first kappa shape index (κ1) is 21.5. The fourth-order valence-corrected chi connectivity index (χ4v) is 3.51. The SMILES string of the molecule is CCOC(=O)N1CCN(C(=O)CN2N=C(c3nc(-c4ccccc4)no3)CCC2=O)CC1. The molecular weight excluding hydrogens is 416 g/mol. The zero-order valence-electron chi connectivity index (χ0n) is 17.8. The van der Waals surface area contributed by atoms with Crippen LogP contribution in [0.15, 0.2) is 40.0 Å². The number of benzene rings is 1. The van der Waals surface area contributed by atoms with Crippen molar-refractivity contribution in [1.29, 1.82) is 0 Å². The monoisotopic (exact) mass is 440 g/mol. The van der Waals surface area contributed by atoms with E-state index in [2.05, 4.69) is 15.2 Å². The lowest BCUT2D eigenvalue weighted by atomic mass is 10.1. The van der Waals surface area contributed by atoms with Gasteiger partial charge in [-0.3, -0.25) is 9.59 Å². The van der Waals surface area contributed by atoms with Crippen molar-refractivity contribution in [3.63, 3.8) is 0 Å². The number of carbonyl (C=O) groups excluding carboxylic acids is 3. The largest absolute Gasteiger partial charge is 0.450 e. The zero-order valence-corrected chi connectivity index (χ0v) is 17.8. The quantitative estimate of drug-likeness (QED) is 0.688. The molecule has 1 fully saturated rings. The third-order valence-corrected chi connectivity index (χ3v) is 5.25. The van der Waals surface area contributed by atoms with E-state index in [4.69, 9.17) is 9.26 Å². The van der Waals surface area contributed by atoms with E-state index in [1.807, 2.05) is 30.3 Å². The van der Waals surface area contributed by atoms with Gasteiger partial charge in [-0.05, 0) is 6.92 Å². The van der Waals surface area contributed by atoms with E-state index in [1.54, 1.807) is 16.7 Å². The smallest absolute Gasteiger partial charge is 0.409 e. The van der Waals surface area contributed by atoms with Crippen molar-refractivity contribution in [1.82, 2.24) is 24.9 Å². The van der Waals surface area contributed by atoms with Gasteiger partial charge in [0.25, 0.3) is 5.89 Å². The summed E-state index contributed by atoms with van der Waals surface area (Å²) >= 11 is 0. The summed E-state index contributed by atoms with van der Waals surface area (Å²) in [6, 6.07) is 9.39. The predicted molar refractivity (Wildman–Crippen MR) is 112 cm³/mol. The molecule has 1 aromatic heterocycles. The molecule has 11 nitrogen and oxygen atoms in total. The summed E-state index contributed by atoms with van der Waals surface area (Å²) < 4.78 is 10.3. The van der Waals surface area contributed by atoms with Crippen LogP contribution in [0.3, 0.4) is 0 Å². The van der Waals surface area contributed by atoms with Gasteiger partial charge in [-0.1, -0.05) is 35.5 Å². The molecule has 1 aromatic carbocycles. The van der Waals surface area contributed by atoms with E-state index in [9.17, 15) is 14.4 Å². The lowest BCUT2D eigenvalue weighted by Gasteiger charge is -2.35. The van der Waals surface area contributed by atoms with Crippen LogP contribution in [0.5, 0.6) is 0 Å². The van der Waals surface area contributed by atoms with Gasteiger partial charge < -0.3 is 19.1 Å². The van der Waals surface area contributed by atoms with Crippen LogP contribution in [0.25, 0.3) is 11.4 Å². The third kappa shape index (κ3) is 4.76. The Morgan fingerprint density at radius 1 is 1.06 bits per heavy atom. The average Bonchev–Trinajstić information content (AvgIpc) is 3.32. The van der Waals surface area contributed by atoms with Gasteiger partial charge >= 0.3 is 6.09 Å². The van der Waals surface area contributed by atoms with Crippen molar-refractivity contribution in [2.24, 2.45) is 5.10 Å². The van der Waals surface area contributed by atoms with E-state index in [0.29, 0.717) is 50.7 Å². The highest BCUT2D eigenvalue weighted by atomic mass is 16.6. The Morgan fingerprint density at radius 3 is 2.50 bits per heavy atom. The summed E-state index contributed by atoms with van der Waals surface area (Å²) in [5.41, 5.74) is 1.28. The van der Waals surface area contributed by atoms with Crippen molar-refractivity contribution < 1.29 is 23.6 Å². The van der Waals surface area contributed by atoms with Crippen molar-refractivity contribution in [2.45, 2.75) is 19.8 Å². The summed E-state index contributed by atoms with van der Waals surface area (Å²) in [4.78, 5) is 44.4. The first-order chi connectivity index (χ1) is 15.5. The third-order valence-electron chi connectivity index (χ3n) is 5.25. The first-order valence-electron chi connectivity index (χ1n) is 10.5. The van der Waals surface area contributed by atoms with Crippen molar-refractivity contribution >= 4 is 23.6 Å². The number of rotatable bonds is 5. The molecule has 0 spiro atoms. The van der Waals surface area contributed by atoms with Crippen LogP contribution in [-0.4, -0.2) is 87.9 Å². The molecule has 3 amide bonds. The Kier molecular flexibility index (Phi) is 6.43. The molecule has 2 aliphatic rings. The van der Waals surface area contributed by atoms with Crippen LogP contribution in [0.1, 0.15) is 25.7 Å². The molecule has 2 aromatic rings. The topological polar surface area (TPSA) is 121 Å². The summed E-state index contributed by atoms with van der Waals surface area (Å²) in [6.45, 7) is 3.40. The summed E-state index contributed by atoms with van der Waals surface area (Å²) in [5, 5.41) is 9.46. The average molecular weight is 440 g/mol. The Balaban J connectivity index is 1.39. The Morgan fingerprint density at radius 2 is 1.78 bits per heavy atom. The maximum Gasteiger partial charge on any atom is 0.409 e. The predicted octanol–water partition coefficient (Wildman–Crippen LogP) is 1.36. The van der Waals surface area contributed by atoms with Crippen LogP contribution in [0.4, 0.5) is 4.79 Å². The molecule has 2 aliphatic heterocycles. The number of hydrogen-bond donors (Lipinski definition) is 0. The standard InChI is InChI=1S/C21H24N6O5/c1-2-31-21(30)26-12-10-25(11-13-26)18(29)14-27-17(28)9-8-16(23-27)20-22-19(24-32-20)15-6-4-3-5-7-15/h3-7H,2,8-14H2,1H3. The molecule has 3 heterocycles. The Labute approximate surface area is 184 Å². The van der Waals surface area contributed by atoms with E-state index >= 15 is 0 Å². The molecular formula is C21H24N6O5. The fourth-order valence-electron chi connectivity index (χ4n) is 3.51. The van der Waals surface area contributed by atoms with Crippen LogP contribution < -0.4 is 0 Å². The highest BCUT2D eigenvalue weighted by Crippen LogP contribution is 2.19. The molecule has 0 saturated carbocycles. The number of nitrogens with zero attached hydrogens (tertiary/aromatic N) is 6. The van der Waals surface area contributed by atoms with Gasteiger partial charge in [0.2, 0.25) is 17.6 Å². The number of hydrazone groups is 1. The highest BCUT2D eigenvalue weighted by molar-refractivity contribution is 6.01. The lowest BCUT2D eigenvalue weighted by molar-refractivity contribution is -0.141. The molecule has 11 heteroatoms. The van der Waals surface area contributed by atoms with Crippen LogP contribution >= 0.6 is 0 Å². The Bertz CT molecular complexity index is 1010. The summed E-state index contributed by atoms with van der Waals surface area (Å²) in [6.07, 6.45) is 0.179. The number of hydrogen-bond acceptors (Lipinski definition) is 8. The second-order valence-corrected chi connectivity index (χ2v) is 7.35. The number of ether oxygens (including phenoxy) is 1. The van der Waals surface area contributed by atoms with E-state index in [1.165, 1.54) is 0 Å². The first-order valence-corrected chi connectivity index (χ1v) is 10.5. The maximum absolute atomic E-state index is 12.7. The van der Waals surface area contributed by atoms with Gasteiger partial charge in [-0.2, -0.15) is 10.1 Å².